The third kappa shape index (κ3) is 7.47. The van der Waals surface area contributed by atoms with E-state index in [2.05, 4.69) is 15.0 Å². The summed E-state index contributed by atoms with van der Waals surface area (Å²) in [6.07, 6.45) is 4.71. The predicted molar refractivity (Wildman–Crippen MR) is 105 cm³/mol. The summed E-state index contributed by atoms with van der Waals surface area (Å²) in [6.45, 7) is 0.145. The van der Waals surface area contributed by atoms with E-state index < -0.39 is 27.9 Å². The summed E-state index contributed by atoms with van der Waals surface area (Å²) in [5.74, 6) is -1.53. The highest BCUT2D eigenvalue weighted by atomic mass is 35.5. The van der Waals surface area contributed by atoms with Gasteiger partial charge in [-0.3, -0.25) is 9.59 Å². The Morgan fingerprint density at radius 1 is 1.25 bits per heavy atom. The first-order valence-corrected chi connectivity index (χ1v) is 9.87. The maximum absolute atomic E-state index is 12.6. The molecule has 1 atom stereocenters. The SMILES string of the molecule is Cl.O=C(O)CCCNC(=O)C(Cn1ccnc1)NS(=O)(=O)c1ccc(Cl)cc1. The van der Waals surface area contributed by atoms with Crippen LogP contribution in [0.15, 0.2) is 47.9 Å². The van der Waals surface area contributed by atoms with Crippen molar-refractivity contribution in [2.45, 2.75) is 30.3 Å². The van der Waals surface area contributed by atoms with E-state index in [1.807, 2.05) is 0 Å². The molecule has 0 saturated heterocycles. The van der Waals surface area contributed by atoms with Crippen LogP contribution in [0.5, 0.6) is 0 Å². The van der Waals surface area contributed by atoms with Crippen molar-refractivity contribution >= 4 is 45.9 Å². The first-order valence-electron chi connectivity index (χ1n) is 8.01. The van der Waals surface area contributed by atoms with Crippen molar-refractivity contribution in [2.24, 2.45) is 0 Å². The summed E-state index contributed by atoms with van der Waals surface area (Å²) in [4.78, 5) is 26.8. The minimum Gasteiger partial charge on any atom is -0.481 e. The smallest absolute Gasteiger partial charge is 0.303 e. The second-order valence-corrected chi connectivity index (χ2v) is 7.83. The van der Waals surface area contributed by atoms with Gasteiger partial charge in [0.05, 0.1) is 11.2 Å². The third-order valence-corrected chi connectivity index (χ3v) is 5.30. The van der Waals surface area contributed by atoms with Gasteiger partial charge in [0.1, 0.15) is 6.04 Å². The van der Waals surface area contributed by atoms with Gasteiger partial charge in [-0.1, -0.05) is 11.6 Å². The number of carboxylic acids is 1. The molecule has 0 fully saturated rings. The monoisotopic (exact) mass is 450 g/mol. The highest BCUT2D eigenvalue weighted by Crippen LogP contribution is 2.14. The molecule has 0 spiro atoms. The van der Waals surface area contributed by atoms with Crippen LogP contribution in [0.3, 0.4) is 0 Å². The Kier molecular flexibility index (Phi) is 9.39. The Hall–Kier alpha value is -2.14. The molecule has 1 aromatic carbocycles. The van der Waals surface area contributed by atoms with Gasteiger partial charge >= 0.3 is 5.97 Å². The maximum Gasteiger partial charge on any atom is 0.303 e. The molecule has 0 radical (unpaired) electrons. The highest BCUT2D eigenvalue weighted by Gasteiger charge is 2.26. The molecule has 0 aliphatic carbocycles. The summed E-state index contributed by atoms with van der Waals surface area (Å²) >= 11 is 5.77. The molecule has 2 aromatic rings. The van der Waals surface area contributed by atoms with Crippen LogP contribution in [0, 0.1) is 0 Å². The quantitative estimate of drug-likeness (QED) is 0.467. The van der Waals surface area contributed by atoms with Crippen LogP contribution in [-0.4, -0.2) is 47.5 Å². The molecule has 1 aromatic heterocycles. The Bertz CT molecular complexity index is 873. The average Bonchev–Trinajstić information content (AvgIpc) is 3.11. The molecule has 154 valence electrons. The molecule has 2 rings (SSSR count). The first-order chi connectivity index (χ1) is 12.8. The van der Waals surface area contributed by atoms with E-state index in [0.717, 1.165) is 0 Å². The van der Waals surface area contributed by atoms with Crippen molar-refractivity contribution in [3.05, 3.63) is 48.0 Å². The number of nitrogens with zero attached hydrogens (tertiary/aromatic N) is 2. The number of imidazole rings is 1. The molecule has 1 unspecified atom stereocenters. The number of benzene rings is 1. The number of halogens is 2. The number of sulfonamides is 1. The van der Waals surface area contributed by atoms with Gasteiger partial charge in [0.2, 0.25) is 15.9 Å². The van der Waals surface area contributed by atoms with Gasteiger partial charge in [0.25, 0.3) is 0 Å². The number of rotatable bonds is 10. The highest BCUT2D eigenvalue weighted by molar-refractivity contribution is 7.89. The lowest BCUT2D eigenvalue weighted by atomic mass is 10.2. The Labute approximate surface area is 173 Å². The van der Waals surface area contributed by atoms with Gasteiger partial charge in [-0.05, 0) is 30.7 Å². The van der Waals surface area contributed by atoms with E-state index >= 15 is 0 Å². The molecule has 0 bridgehead atoms. The number of carbonyl (C=O) groups excluding carboxylic acids is 1. The maximum atomic E-state index is 12.6. The lowest BCUT2D eigenvalue weighted by molar-refractivity contribution is -0.137. The number of carboxylic acid groups (broad SMARTS) is 1. The summed E-state index contributed by atoms with van der Waals surface area (Å²) in [7, 11) is -3.97. The molecule has 12 heteroatoms. The van der Waals surface area contributed by atoms with Gasteiger partial charge < -0.3 is 15.0 Å². The number of amides is 1. The number of carbonyl (C=O) groups is 2. The predicted octanol–water partition coefficient (Wildman–Crippen LogP) is 1.29. The van der Waals surface area contributed by atoms with Crippen molar-refractivity contribution < 1.29 is 23.1 Å². The van der Waals surface area contributed by atoms with Gasteiger partial charge in [-0.25, -0.2) is 13.4 Å². The number of nitrogens with one attached hydrogen (secondary N) is 2. The van der Waals surface area contributed by atoms with E-state index in [-0.39, 0.29) is 43.2 Å². The van der Waals surface area contributed by atoms with Crippen molar-refractivity contribution in [3.63, 3.8) is 0 Å². The van der Waals surface area contributed by atoms with Crippen molar-refractivity contribution in [1.29, 1.82) is 0 Å². The fourth-order valence-electron chi connectivity index (χ4n) is 2.22. The average molecular weight is 451 g/mol. The van der Waals surface area contributed by atoms with E-state index in [9.17, 15) is 18.0 Å². The fraction of sp³-hybridized carbons (Fsp3) is 0.312. The van der Waals surface area contributed by atoms with Crippen molar-refractivity contribution in [1.82, 2.24) is 19.6 Å². The molecule has 0 saturated carbocycles. The molecule has 0 aliphatic heterocycles. The first kappa shape index (κ1) is 23.9. The normalized spacial score (nSPS) is 12.0. The molecule has 1 amide bonds. The second kappa shape index (κ2) is 11.0. The third-order valence-electron chi connectivity index (χ3n) is 3.56. The largest absolute Gasteiger partial charge is 0.481 e. The van der Waals surface area contributed by atoms with Gasteiger partial charge in [0.15, 0.2) is 0 Å². The molecule has 9 nitrogen and oxygen atoms in total. The fourth-order valence-corrected chi connectivity index (χ4v) is 3.54. The number of aliphatic carboxylic acids is 1. The van der Waals surface area contributed by atoms with Gasteiger partial charge in [0, 0.05) is 36.9 Å². The van der Waals surface area contributed by atoms with Gasteiger partial charge in [-0.15, -0.1) is 12.4 Å². The van der Waals surface area contributed by atoms with Crippen LogP contribution >= 0.6 is 24.0 Å². The summed E-state index contributed by atoms with van der Waals surface area (Å²) in [5.41, 5.74) is 0. The second-order valence-electron chi connectivity index (χ2n) is 5.68. The van der Waals surface area contributed by atoms with E-state index in [4.69, 9.17) is 16.7 Å². The van der Waals surface area contributed by atoms with Crippen LogP contribution in [0.1, 0.15) is 12.8 Å². The Morgan fingerprint density at radius 3 is 2.50 bits per heavy atom. The van der Waals surface area contributed by atoms with Crippen LogP contribution in [0.2, 0.25) is 5.02 Å². The number of hydrogen-bond donors (Lipinski definition) is 3. The zero-order chi connectivity index (χ0) is 19.9. The molecular formula is C16H20Cl2N4O5S. The van der Waals surface area contributed by atoms with E-state index in [1.165, 1.54) is 36.8 Å². The zero-order valence-corrected chi connectivity index (χ0v) is 17.0. The van der Waals surface area contributed by atoms with Crippen LogP contribution in [-0.2, 0) is 26.2 Å². The molecule has 3 N–H and O–H groups in total. The van der Waals surface area contributed by atoms with Crippen molar-refractivity contribution in [3.8, 4) is 0 Å². The number of hydrogen-bond acceptors (Lipinski definition) is 5. The minimum atomic E-state index is -3.97. The Morgan fingerprint density at radius 2 is 1.93 bits per heavy atom. The summed E-state index contributed by atoms with van der Waals surface area (Å²) in [5, 5.41) is 11.6. The Balaban J connectivity index is 0.00000392. The zero-order valence-electron chi connectivity index (χ0n) is 14.6. The topological polar surface area (TPSA) is 130 Å². The summed E-state index contributed by atoms with van der Waals surface area (Å²) in [6, 6.07) is 4.44. The van der Waals surface area contributed by atoms with Crippen LogP contribution in [0.25, 0.3) is 0 Å². The van der Waals surface area contributed by atoms with Crippen LogP contribution in [0.4, 0.5) is 0 Å². The lowest BCUT2D eigenvalue weighted by Gasteiger charge is -2.19. The van der Waals surface area contributed by atoms with Gasteiger partial charge in [-0.2, -0.15) is 4.72 Å². The molecule has 1 heterocycles. The molecule has 28 heavy (non-hydrogen) atoms. The minimum absolute atomic E-state index is 0. The van der Waals surface area contributed by atoms with Crippen LogP contribution < -0.4 is 10.0 Å². The summed E-state index contributed by atoms with van der Waals surface area (Å²) < 4.78 is 29.1. The standard InChI is InChI=1S/C16H19ClN4O5S.ClH/c17-12-3-5-13(6-4-12)27(25,26)20-14(10-21-9-8-18-11-21)16(24)19-7-1-2-15(22)23;/h3-6,8-9,11,14,20H,1-2,7,10H2,(H,19,24)(H,22,23);1H. The number of aromatic nitrogens is 2. The lowest BCUT2D eigenvalue weighted by Crippen LogP contribution is -2.49. The molecular weight excluding hydrogens is 431 g/mol. The van der Waals surface area contributed by atoms with Crippen molar-refractivity contribution in [2.75, 3.05) is 6.54 Å². The molecule has 0 aliphatic rings. The van der Waals surface area contributed by atoms with E-state index in [1.54, 1.807) is 10.8 Å². The van der Waals surface area contributed by atoms with E-state index in [0.29, 0.717) is 5.02 Å².